The van der Waals surface area contributed by atoms with Crippen LogP contribution in [0.3, 0.4) is 0 Å². The number of carbonyl (C=O) groups is 1. The maximum atomic E-state index is 13.8. The number of nitrogens with one attached hydrogen (secondary N) is 1. The van der Waals surface area contributed by atoms with Gasteiger partial charge in [0.2, 0.25) is 5.91 Å². The van der Waals surface area contributed by atoms with Gasteiger partial charge in [-0.3, -0.25) is 14.2 Å². The van der Waals surface area contributed by atoms with Crippen LogP contribution in [0, 0.1) is 5.82 Å². The van der Waals surface area contributed by atoms with E-state index in [4.69, 9.17) is 16.3 Å². The molecule has 0 aliphatic rings. The number of hydrogen-bond acceptors (Lipinski definition) is 6. The number of carbonyl (C=O) groups excluding carboxylic acids is 1. The molecule has 0 saturated heterocycles. The number of amides is 1. The van der Waals surface area contributed by atoms with Crippen molar-refractivity contribution in [3.05, 3.63) is 50.8 Å². The number of ether oxygens (including phenoxy) is 1. The van der Waals surface area contributed by atoms with E-state index in [0.717, 1.165) is 17.8 Å². The van der Waals surface area contributed by atoms with Gasteiger partial charge in [0, 0.05) is 12.1 Å². The summed E-state index contributed by atoms with van der Waals surface area (Å²) in [5.41, 5.74) is 0.465. The fourth-order valence-electron chi connectivity index (χ4n) is 2.32. The molecule has 0 unspecified atom stereocenters. The van der Waals surface area contributed by atoms with Gasteiger partial charge in [0.15, 0.2) is 5.16 Å². The van der Waals surface area contributed by atoms with Crippen molar-refractivity contribution in [1.29, 1.82) is 0 Å². The lowest BCUT2D eigenvalue weighted by atomic mass is 10.3. The van der Waals surface area contributed by atoms with Gasteiger partial charge in [-0.1, -0.05) is 23.4 Å². The van der Waals surface area contributed by atoms with Crippen molar-refractivity contribution in [1.82, 2.24) is 9.55 Å². The highest BCUT2D eigenvalue weighted by molar-refractivity contribution is 7.99. The lowest BCUT2D eigenvalue weighted by molar-refractivity contribution is -0.113. The largest absolute Gasteiger partial charge is 0.383 e. The Bertz CT molecular complexity index is 1040. The third-order valence-corrected chi connectivity index (χ3v) is 5.69. The predicted octanol–water partition coefficient (Wildman–Crippen LogP) is 3.63. The van der Waals surface area contributed by atoms with Crippen LogP contribution in [-0.2, 0) is 16.1 Å². The molecule has 3 rings (SSSR count). The molecule has 3 aromatic rings. The van der Waals surface area contributed by atoms with Gasteiger partial charge in [-0.15, -0.1) is 11.3 Å². The molecule has 0 spiro atoms. The molecule has 0 saturated carbocycles. The van der Waals surface area contributed by atoms with E-state index in [1.165, 1.54) is 28.0 Å². The Hall–Kier alpha value is -1.94. The highest BCUT2D eigenvalue weighted by Gasteiger charge is 2.15. The number of hydrogen-bond donors (Lipinski definition) is 1. The number of anilines is 1. The van der Waals surface area contributed by atoms with E-state index in [1.807, 2.05) is 0 Å². The Balaban J connectivity index is 1.77. The zero-order valence-corrected chi connectivity index (χ0v) is 16.6. The summed E-state index contributed by atoms with van der Waals surface area (Å²) in [6, 6.07) is 5.76. The van der Waals surface area contributed by atoms with Crippen molar-refractivity contribution >= 4 is 56.5 Å². The van der Waals surface area contributed by atoms with Crippen molar-refractivity contribution < 1.29 is 13.9 Å². The number of rotatable bonds is 7. The van der Waals surface area contributed by atoms with E-state index >= 15 is 0 Å². The van der Waals surface area contributed by atoms with Gasteiger partial charge in [-0.05, 0) is 29.6 Å². The summed E-state index contributed by atoms with van der Waals surface area (Å²) < 4.78 is 20.9. The minimum atomic E-state index is -0.615. The highest BCUT2D eigenvalue weighted by atomic mass is 35.5. The molecular formula is C17H15ClFN3O3S2. The summed E-state index contributed by atoms with van der Waals surface area (Å²) in [7, 11) is 1.54. The van der Waals surface area contributed by atoms with Gasteiger partial charge < -0.3 is 10.1 Å². The smallest absolute Gasteiger partial charge is 0.272 e. The Kier molecular flexibility index (Phi) is 6.48. The van der Waals surface area contributed by atoms with Crippen LogP contribution < -0.4 is 10.9 Å². The van der Waals surface area contributed by atoms with Crippen LogP contribution in [0.25, 0.3) is 10.2 Å². The number of benzene rings is 1. The summed E-state index contributed by atoms with van der Waals surface area (Å²) in [6.07, 6.45) is 0. The molecule has 1 aromatic carbocycles. The molecule has 6 nitrogen and oxygen atoms in total. The lowest BCUT2D eigenvalue weighted by Gasteiger charge is -2.11. The minimum Gasteiger partial charge on any atom is -0.383 e. The van der Waals surface area contributed by atoms with Gasteiger partial charge in [-0.2, -0.15) is 0 Å². The second-order valence-electron chi connectivity index (χ2n) is 5.44. The topological polar surface area (TPSA) is 73.2 Å². The Morgan fingerprint density at radius 2 is 2.26 bits per heavy atom. The maximum Gasteiger partial charge on any atom is 0.272 e. The molecule has 1 amide bonds. The first-order chi connectivity index (χ1) is 13.0. The first kappa shape index (κ1) is 19.8. The highest BCUT2D eigenvalue weighted by Crippen LogP contribution is 2.22. The Morgan fingerprint density at radius 3 is 3.00 bits per heavy atom. The van der Waals surface area contributed by atoms with Crippen molar-refractivity contribution in [2.24, 2.45) is 0 Å². The molecule has 0 aliphatic carbocycles. The van der Waals surface area contributed by atoms with Crippen LogP contribution in [0.2, 0.25) is 5.02 Å². The molecule has 0 bridgehead atoms. The van der Waals surface area contributed by atoms with Crippen LogP contribution >= 0.6 is 34.7 Å². The van der Waals surface area contributed by atoms with Crippen molar-refractivity contribution in [3.8, 4) is 0 Å². The first-order valence-corrected chi connectivity index (χ1v) is 10.1. The van der Waals surface area contributed by atoms with Crippen LogP contribution in [0.4, 0.5) is 10.1 Å². The molecule has 10 heteroatoms. The average molecular weight is 428 g/mol. The van der Waals surface area contributed by atoms with Crippen LogP contribution in [0.1, 0.15) is 0 Å². The zero-order valence-electron chi connectivity index (χ0n) is 14.2. The van der Waals surface area contributed by atoms with Crippen LogP contribution in [0.5, 0.6) is 0 Å². The monoisotopic (exact) mass is 427 g/mol. The third-order valence-electron chi connectivity index (χ3n) is 3.59. The normalized spacial score (nSPS) is 11.1. The molecule has 0 aliphatic heterocycles. The van der Waals surface area contributed by atoms with Crippen LogP contribution in [-0.4, -0.2) is 34.9 Å². The molecular weight excluding hydrogens is 413 g/mol. The first-order valence-electron chi connectivity index (χ1n) is 7.84. The van der Waals surface area contributed by atoms with Gasteiger partial charge in [0.05, 0.1) is 30.1 Å². The molecule has 1 N–H and O–H groups in total. The fourth-order valence-corrected chi connectivity index (χ4v) is 4.08. The molecule has 142 valence electrons. The third kappa shape index (κ3) is 4.67. The fraction of sp³-hybridized carbons (Fsp3) is 0.235. The number of aromatic nitrogens is 2. The second-order valence-corrected chi connectivity index (χ2v) is 7.74. The van der Waals surface area contributed by atoms with E-state index in [1.54, 1.807) is 18.6 Å². The number of fused-ring (bicyclic) bond motifs is 1. The van der Waals surface area contributed by atoms with Crippen molar-refractivity contribution in [2.75, 3.05) is 24.8 Å². The van der Waals surface area contributed by atoms with E-state index in [9.17, 15) is 14.0 Å². The zero-order chi connectivity index (χ0) is 19.4. The minimum absolute atomic E-state index is 0.0306. The summed E-state index contributed by atoms with van der Waals surface area (Å²) >= 11 is 8.13. The molecule has 0 radical (unpaired) electrons. The number of thiophene rings is 1. The van der Waals surface area contributed by atoms with Crippen LogP contribution in [0.15, 0.2) is 39.6 Å². The lowest BCUT2D eigenvalue weighted by Crippen LogP contribution is -2.25. The quantitative estimate of drug-likeness (QED) is 0.460. The SMILES string of the molecule is COCCn1c(SCC(=O)Nc2ccc(Cl)cc2F)nc2ccsc2c1=O. The summed E-state index contributed by atoms with van der Waals surface area (Å²) in [5, 5.41) is 4.94. The van der Waals surface area contributed by atoms with Crippen molar-refractivity contribution in [3.63, 3.8) is 0 Å². The van der Waals surface area contributed by atoms with Gasteiger partial charge in [0.1, 0.15) is 10.5 Å². The van der Waals surface area contributed by atoms with Gasteiger partial charge in [-0.25, -0.2) is 9.37 Å². The standard InChI is InChI=1S/C17H15ClFN3O3S2/c1-25-6-5-22-16(24)15-13(4-7-26-15)21-17(22)27-9-14(23)20-12-3-2-10(18)8-11(12)19/h2-4,7-8H,5-6,9H2,1H3,(H,20,23). The Labute approximate surface area is 167 Å². The number of methoxy groups -OCH3 is 1. The number of halogens is 2. The van der Waals surface area contributed by atoms with Gasteiger partial charge >= 0.3 is 0 Å². The van der Waals surface area contributed by atoms with Gasteiger partial charge in [0.25, 0.3) is 5.56 Å². The number of nitrogens with zero attached hydrogens (tertiary/aromatic N) is 2. The molecule has 0 fully saturated rings. The van der Waals surface area contributed by atoms with E-state index in [-0.39, 0.29) is 22.0 Å². The molecule has 27 heavy (non-hydrogen) atoms. The summed E-state index contributed by atoms with van der Waals surface area (Å²) in [4.78, 5) is 29.3. The summed E-state index contributed by atoms with van der Waals surface area (Å²) in [6.45, 7) is 0.667. The second kappa shape index (κ2) is 8.83. The van der Waals surface area contributed by atoms with E-state index < -0.39 is 11.7 Å². The maximum absolute atomic E-state index is 13.8. The molecule has 2 heterocycles. The molecule has 2 aromatic heterocycles. The molecule has 0 atom stereocenters. The van der Waals surface area contributed by atoms with E-state index in [0.29, 0.717) is 28.5 Å². The predicted molar refractivity (Wildman–Crippen MR) is 107 cm³/mol. The van der Waals surface area contributed by atoms with E-state index in [2.05, 4.69) is 10.3 Å². The summed E-state index contributed by atoms with van der Waals surface area (Å²) in [5.74, 6) is -1.06. The van der Waals surface area contributed by atoms with Crippen molar-refractivity contribution in [2.45, 2.75) is 11.7 Å². The average Bonchev–Trinajstić information content (AvgIpc) is 3.10. The number of thioether (sulfide) groups is 1. The Morgan fingerprint density at radius 1 is 1.44 bits per heavy atom.